The summed E-state index contributed by atoms with van der Waals surface area (Å²) in [6.07, 6.45) is 0.922. The molecule has 0 saturated carbocycles. The number of hydrogen-bond donors (Lipinski definition) is 7. The third kappa shape index (κ3) is 14.7. The molecule has 1 fully saturated rings. The van der Waals surface area contributed by atoms with E-state index in [1.165, 1.54) is 4.90 Å². The molecule has 5 unspecified atom stereocenters. The highest BCUT2D eigenvalue weighted by Gasteiger charge is 2.36. The molecule has 1 aromatic carbocycles. The lowest BCUT2D eigenvalue weighted by molar-refractivity contribution is -0.144. The van der Waals surface area contributed by atoms with Gasteiger partial charge in [0.1, 0.15) is 30.2 Å². The van der Waals surface area contributed by atoms with E-state index in [0.717, 1.165) is 18.4 Å². The van der Waals surface area contributed by atoms with Gasteiger partial charge in [-0.2, -0.15) is 0 Å². The average Bonchev–Trinajstić information content (AvgIpc) is 3.63. The summed E-state index contributed by atoms with van der Waals surface area (Å²) in [6.45, 7) is 9.36. The highest BCUT2D eigenvalue weighted by atomic mass is 16.4. The molecule has 0 aromatic heterocycles. The van der Waals surface area contributed by atoms with Gasteiger partial charge in [0.25, 0.3) is 0 Å². The van der Waals surface area contributed by atoms with Crippen molar-refractivity contribution in [3.05, 3.63) is 35.9 Å². The Kier molecular flexibility index (Phi) is 17.7. The summed E-state index contributed by atoms with van der Waals surface area (Å²) in [5.41, 5.74) is 0.957. The first-order valence-corrected chi connectivity index (χ1v) is 17.8. The molecule has 1 saturated heterocycles. The van der Waals surface area contributed by atoms with Crippen molar-refractivity contribution in [2.24, 2.45) is 11.8 Å². The second-order valence-electron chi connectivity index (χ2n) is 13.8. The zero-order chi connectivity index (χ0) is 39.0. The molecule has 6 amide bonds. The zero-order valence-corrected chi connectivity index (χ0v) is 30.6. The number of aliphatic carboxylic acids is 2. The zero-order valence-electron chi connectivity index (χ0n) is 30.6. The van der Waals surface area contributed by atoms with Gasteiger partial charge in [-0.15, -0.1) is 0 Å². The Morgan fingerprint density at radius 1 is 0.692 bits per heavy atom. The maximum absolute atomic E-state index is 13.7. The van der Waals surface area contributed by atoms with E-state index in [2.05, 4.69) is 26.6 Å². The minimum Gasteiger partial charge on any atom is -0.481 e. The second kappa shape index (κ2) is 21.4. The van der Waals surface area contributed by atoms with E-state index in [9.17, 15) is 48.6 Å². The molecule has 1 aliphatic heterocycles. The summed E-state index contributed by atoms with van der Waals surface area (Å²) in [6, 6.07) is 2.50. The van der Waals surface area contributed by atoms with Gasteiger partial charge in [0.2, 0.25) is 35.4 Å². The largest absolute Gasteiger partial charge is 0.481 e. The smallest absolute Gasteiger partial charge is 0.326 e. The normalized spacial score (nSPS) is 15.5. The summed E-state index contributed by atoms with van der Waals surface area (Å²) >= 11 is 0. The number of nitrogens with one attached hydrogen (secondary N) is 5. The van der Waals surface area contributed by atoms with Crippen LogP contribution in [0.3, 0.4) is 0 Å². The molecule has 0 bridgehead atoms. The number of likely N-dealkylation sites (tertiary alicyclic amines) is 1. The highest BCUT2D eigenvalue weighted by molar-refractivity contribution is 5.98. The van der Waals surface area contributed by atoms with Crippen molar-refractivity contribution >= 4 is 47.4 Å². The van der Waals surface area contributed by atoms with Crippen molar-refractivity contribution in [3.63, 3.8) is 0 Å². The van der Waals surface area contributed by atoms with Crippen molar-refractivity contribution in [2.45, 2.75) is 116 Å². The first kappa shape index (κ1) is 43.1. The molecule has 1 aliphatic rings. The average molecular weight is 731 g/mol. The lowest BCUT2D eigenvalue weighted by Gasteiger charge is -2.28. The number of carboxylic acid groups (broad SMARTS) is 2. The lowest BCUT2D eigenvalue weighted by atomic mass is 10.0. The molecule has 0 radical (unpaired) electrons. The Morgan fingerprint density at radius 3 is 1.75 bits per heavy atom. The number of carbonyl (C=O) groups excluding carboxylic acids is 6. The van der Waals surface area contributed by atoms with Crippen molar-refractivity contribution in [2.75, 3.05) is 13.1 Å². The molecule has 0 spiro atoms. The van der Waals surface area contributed by atoms with Crippen molar-refractivity contribution in [3.8, 4) is 0 Å². The van der Waals surface area contributed by atoms with Crippen LogP contribution in [0.4, 0.5) is 0 Å². The van der Waals surface area contributed by atoms with Crippen LogP contribution in [0.2, 0.25) is 0 Å². The van der Waals surface area contributed by atoms with Gasteiger partial charge in [0, 0.05) is 19.5 Å². The molecule has 5 atom stereocenters. The molecular weight excluding hydrogens is 676 g/mol. The van der Waals surface area contributed by atoms with Crippen molar-refractivity contribution < 1.29 is 48.6 Å². The lowest BCUT2D eigenvalue weighted by Crippen LogP contribution is -2.60. The van der Waals surface area contributed by atoms with Gasteiger partial charge >= 0.3 is 11.9 Å². The molecule has 288 valence electrons. The summed E-state index contributed by atoms with van der Waals surface area (Å²) in [5, 5.41) is 31.4. The molecule has 1 heterocycles. The monoisotopic (exact) mass is 730 g/mol. The maximum atomic E-state index is 13.7. The molecule has 16 nitrogen and oxygen atoms in total. The number of aryl methyl sites for hydroxylation is 1. The van der Waals surface area contributed by atoms with E-state index >= 15 is 0 Å². The van der Waals surface area contributed by atoms with Crippen LogP contribution < -0.4 is 26.6 Å². The highest BCUT2D eigenvalue weighted by Crippen LogP contribution is 2.13. The summed E-state index contributed by atoms with van der Waals surface area (Å²) in [4.78, 5) is 105. The van der Waals surface area contributed by atoms with Crippen LogP contribution >= 0.6 is 0 Å². The fourth-order valence-electron chi connectivity index (χ4n) is 5.67. The summed E-state index contributed by atoms with van der Waals surface area (Å²) < 4.78 is 0. The number of hydrogen-bond acceptors (Lipinski definition) is 8. The van der Waals surface area contributed by atoms with Gasteiger partial charge in [0.15, 0.2) is 0 Å². The predicted molar refractivity (Wildman–Crippen MR) is 189 cm³/mol. The third-order valence-electron chi connectivity index (χ3n) is 8.59. The van der Waals surface area contributed by atoms with E-state index in [0.29, 0.717) is 19.5 Å². The molecule has 1 aromatic rings. The Hall–Kier alpha value is -5.02. The Balaban J connectivity index is 2.23. The van der Waals surface area contributed by atoms with Crippen molar-refractivity contribution in [1.29, 1.82) is 0 Å². The molecule has 16 heteroatoms. The molecule has 7 N–H and O–H groups in total. The number of carbonyl (C=O) groups is 8. The van der Waals surface area contributed by atoms with Gasteiger partial charge < -0.3 is 41.7 Å². The first-order chi connectivity index (χ1) is 24.5. The minimum absolute atomic E-state index is 0.0381. The van der Waals surface area contributed by atoms with Crippen LogP contribution in [-0.2, 0) is 44.8 Å². The molecule has 2 rings (SSSR count). The van der Waals surface area contributed by atoms with E-state index < -0.39 is 90.4 Å². The van der Waals surface area contributed by atoms with Crippen LogP contribution in [0.1, 0.15) is 85.1 Å². The number of benzene rings is 1. The number of amides is 6. The van der Waals surface area contributed by atoms with E-state index in [4.69, 9.17) is 0 Å². The molecular formula is C36H54N6O10. The van der Waals surface area contributed by atoms with E-state index in [1.54, 1.807) is 34.6 Å². The van der Waals surface area contributed by atoms with Gasteiger partial charge in [-0.1, -0.05) is 65.0 Å². The number of carboxylic acids is 2. The van der Waals surface area contributed by atoms with E-state index in [-0.39, 0.29) is 31.1 Å². The van der Waals surface area contributed by atoms with Crippen LogP contribution in [0.25, 0.3) is 0 Å². The maximum Gasteiger partial charge on any atom is 0.326 e. The van der Waals surface area contributed by atoms with Crippen LogP contribution in [0.15, 0.2) is 30.3 Å². The van der Waals surface area contributed by atoms with Gasteiger partial charge in [-0.05, 0) is 49.5 Å². The fraction of sp³-hybridized carbons (Fsp3) is 0.611. The van der Waals surface area contributed by atoms with Crippen LogP contribution in [-0.4, -0.2) is 106 Å². The van der Waals surface area contributed by atoms with Gasteiger partial charge in [-0.3, -0.25) is 33.6 Å². The fourth-order valence-corrected chi connectivity index (χ4v) is 5.67. The standard InChI is InChI=1S/C36H54N6O10/c1-6-24(37-28(43)15-14-23-12-8-7-9-13-23)32(47)41-31(22(4)5)35(50)39-25(19-29(44)42-16-10-11-17-42)33(48)38-26(20-30(45)46)34(49)40-27(36(51)52)18-21(2)3/h7-9,12-13,21-22,24-27,31H,6,10-11,14-20H2,1-5H3,(H,37,43)(H,38,48)(H,39,50)(H,40,49)(H,41,47)(H,45,46)(H,51,52). The van der Waals surface area contributed by atoms with Crippen molar-refractivity contribution in [1.82, 2.24) is 31.5 Å². The third-order valence-corrected chi connectivity index (χ3v) is 8.59. The number of nitrogens with zero attached hydrogens (tertiary/aromatic N) is 1. The quantitative estimate of drug-likeness (QED) is 0.0936. The Labute approximate surface area is 304 Å². The van der Waals surface area contributed by atoms with Crippen LogP contribution in [0, 0.1) is 11.8 Å². The first-order valence-electron chi connectivity index (χ1n) is 17.8. The summed E-state index contributed by atoms with van der Waals surface area (Å²) in [7, 11) is 0. The summed E-state index contributed by atoms with van der Waals surface area (Å²) in [5.74, 6) is -7.87. The second-order valence-corrected chi connectivity index (χ2v) is 13.8. The van der Waals surface area contributed by atoms with Gasteiger partial charge in [0.05, 0.1) is 12.8 Å². The number of rotatable bonds is 21. The Bertz CT molecular complexity index is 1410. The van der Waals surface area contributed by atoms with E-state index in [1.807, 2.05) is 30.3 Å². The van der Waals surface area contributed by atoms with Crippen LogP contribution in [0.5, 0.6) is 0 Å². The predicted octanol–water partition coefficient (Wildman–Crippen LogP) is 0.727. The topological polar surface area (TPSA) is 240 Å². The molecule has 0 aliphatic carbocycles. The van der Waals surface area contributed by atoms with Gasteiger partial charge in [-0.25, -0.2) is 4.79 Å². The SMILES string of the molecule is CCC(NC(=O)CCc1ccccc1)C(=O)NC(C(=O)NC(CC(=O)N1CCCC1)C(=O)NC(CC(=O)O)C(=O)NC(CC(C)C)C(=O)O)C(C)C. The molecule has 52 heavy (non-hydrogen) atoms. The minimum atomic E-state index is -1.74. The Morgan fingerprint density at radius 2 is 1.23 bits per heavy atom.